The normalized spacial score (nSPS) is 11.4. The average Bonchev–Trinajstić information content (AvgIpc) is 2.55. The molecule has 26 heavy (non-hydrogen) atoms. The Bertz CT molecular complexity index is 603. The maximum atomic E-state index is 12.8. The van der Waals surface area contributed by atoms with E-state index in [2.05, 4.69) is 5.32 Å². The quantitative estimate of drug-likeness (QED) is 0.454. The summed E-state index contributed by atoms with van der Waals surface area (Å²) in [4.78, 5) is 37.6. The molecule has 0 radical (unpaired) electrons. The zero-order valence-corrected chi connectivity index (χ0v) is 16.0. The Kier molecular flexibility index (Phi) is 7.61. The van der Waals surface area contributed by atoms with Crippen LogP contribution in [-0.4, -0.2) is 43.4 Å². The number of benzene rings is 1. The minimum absolute atomic E-state index is 0.0826. The standard InChI is InChI=1S/C19H27NO6/c1-6-24-15(21)19(16(22)25-7-2,14-11-9-8-10-12-14)13-20-17(23)26-18(3,4)5/h8-12H,6-7,13H2,1-5H3,(H,20,23). The third-order valence-corrected chi connectivity index (χ3v) is 3.41. The van der Waals surface area contributed by atoms with Crippen LogP contribution >= 0.6 is 0 Å². The number of hydrogen-bond donors (Lipinski definition) is 1. The van der Waals surface area contributed by atoms with Crippen molar-refractivity contribution in [1.82, 2.24) is 5.32 Å². The summed E-state index contributed by atoms with van der Waals surface area (Å²) in [5.41, 5.74) is -2.16. The van der Waals surface area contributed by atoms with Crippen LogP contribution in [0.5, 0.6) is 0 Å². The van der Waals surface area contributed by atoms with Gasteiger partial charge in [0, 0.05) is 0 Å². The Morgan fingerprint density at radius 2 is 1.42 bits per heavy atom. The lowest BCUT2D eigenvalue weighted by Gasteiger charge is -2.30. The molecule has 0 aliphatic rings. The SMILES string of the molecule is CCOC(=O)C(CNC(=O)OC(C)(C)C)(C(=O)OCC)c1ccccc1. The predicted molar refractivity (Wildman–Crippen MR) is 95.6 cm³/mol. The van der Waals surface area contributed by atoms with Crippen molar-refractivity contribution in [2.24, 2.45) is 0 Å². The molecule has 0 saturated heterocycles. The fourth-order valence-electron chi connectivity index (χ4n) is 2.32. The Labute approximate surface area is 154 Å². The molecule has 1 rings (SSSR count). The summed E-state index contributed by atoms with van der Waals surface area (Å²) in [7, 11) is 0. The molecule has 1 N–H and O–H groups in total. The van der Waals surface area contributed by atoms with Gasteiger partial charge in [-0.25, -0.2) is 4.79 Å². The zero-order chi connectivity index (χ0) is 19.8. The Morgan fingerprint density at radius 1 is 0.923 bits per heavy atom. The first-order valence-electron chi connectivity index (χ1n) is 8.54. The molecular formula is C19H27NO6. The van der Waals surface area contributed by atoms with Crippen LogP contribution in [0.15, 0.2) is 30.3 Å². The summed E-state index contributed by atoms with van der Waals surface area (Å²) >= 11 is 0. The Morgan fingerprint density at radius 3 is 1.85 bits per heavy atom. The van der Waals surface area contributed by atoms with E-state index in [4.69, 9.17) is 14.2 Å². The van der Waals surface area contributed by atoms with Crippen molar-refractivity contribution in [3.8, 4) is 0 Å². The monoisotopic (exact) mass is 365 g/mol. The third kappa shape index (κ3) is 5.47. The lowest BCUT2D eigenvalue weighted by atomic mass is 9.80. The number of carbonyl (C=O) groups excluding carboxylic acids is 3. The van der Waals surface area contributed by atoms with E-state index in [0.717, 1.165) is 0 Å². The van der Waals surface area contributed by atoms with Crippen LogP contribution in [0.2, 0.25) is 0 Å². The molecule has 0 bridgehead atoms. The second kappa shape index (κ2) is 9.22. The number of nitrogens with one attached hydrogen (secondary N) is 1. The molecule has 0 aromatic heterocycles. The van der Waals surface area contributed by atoms with Crippen molar-refractivity contribution >= 4 is 18.0 Å². The highest BCUT2D eigenvalue weighted by atomic mass is 16.6. The molecular weight excluding hydrogens is 338 g/mol. The van der Waals surface area contributed by atoms with Gasteiger partial charge in [0.05, 0.1) is 19.8 Å². The minimum atomic E-state index is -1.82. The lowest BCUT2D eigenvalue weighted by molar-refractivity contribution is -0.164. The number of esters is 2. The fourth-order valence-corrected chi connectivity index (χ4v) is 2.32. The van der Waals surface area contributed by atoms with Gasteiger partial charge in [0.25, 0.3) is 0 Å². The zero-order valence-electron chi connectivity index (χ0n) is 16.0. The van der Waals surface area contributed by atoms with Gasteiger partial charge in [-0.05, 0) is 40.2 Å². The van der Waals surface area contributed by atoms with Crippen LogP contribution in [0.25, 0.3) is 0 Å². The highest BCUT2D eigenvalue weighted by Crippen LogP contribution is 2.28. The van der Waals surface area contributed by atoms with E-state index >= 15 is 0 Å². The second-order valence-corrected chi connectivity index (χ2v) is 6.57. The highest BCUT2D eigenvalue weighted by Gasteiger charge is 2.51. The van der Waals surface area contributed by atoms with Crippen LogP contribution in [-0.2, 0) is 29.2 Å². The molecule has 0 heterocycles. The van der Waals surface area contributed by atoms with E-state index in [-0.39, 0.29) is 19.8 Å². The topological polar surface area (TPSA) is 90.9 Å². The van der Waals surface area contributed by atoms with E-state index < -0.39 is 29.0 Å². The Hall–Kier alpha value is -2.57. The van der Waals surface area contributed by atoms with Gasteiger partial charge in [0.2, 0.25) is 5.41 Å². The van der Waals surface area contributed by atoms with E-state index in [1.54, 1.807) is 65.0 Å². The molecule has 0 atom stereocenters. The Balaban J connectivity index is 3.27. The number of alkyl carbamates (subject to hydrolysis) is 1. The van der Waals surface area contributed by atoms with Crippen molar-refractivity contribution in [2.45, 2.75) is 45.6 Å². The first-order chi connectivity index (χ1) is 12.2. The summed E-state index contributed by atoms with van der Waals surface area (Å²) in [6.07, 6.45) is -0.744. The molecule has 144 valence electrons. The number of rotatable bonds is 7. The maximum Gasteiger partial charge on any atom is 0.407 e. The van der Waals surface area contributed by atoms with Gasteiger partial charge in [0.1, 0.15) is 5.60 Å². The van der Waals surface area contributed by atoms with Gasteiger partial charge in [-0.15, -0.1) is 0 Å². The first kappa shape index (κ1) is 21.5. The predicted octanol–water partition coefficient (Wildman–Crippen LogP) is 2.58. The molecule has 1 aromatic rings. The minimum Gasteiger partial charge on any atom is -0.465 e. The van der Waals surface area contributed by atoms with Crippen LogP contribution < -0.4 is 5.32 Å². The van der Waals surface area contributed by atoms with Crippen LogP contribution in [0.1, 0.15) is 40.2 Å². The molecule has 0 fully saturated rings. The fraction of sp³-hybridized carbons (Fsp3) is 0.526. The van der Waals surface area contributed by atoms with Crippen LogP contribution in [0.3, 0.4) is 0 Å². The van der Waals surface area contributed by atoms with Crippen molar-refractivity contribution in [3.05, 3.63) is 35.9 Å². The molecule has 7 heteroatoms. The number of amides is 1. The van der Waals surface area contributed by atoms with Gasteiger partial charge < -0.3 is 19.5 Å². The maximum absolute atomic E-state index is 12.8. The van der Waals surface area contributed by atoms with Crippen molar-refractivity contribution in [2.75, 3.05) is 19.8 Å². The van der Waals surface area contributed by atoms with Gasteiger partial charge >= 0.3 is 18.0 Å². The summed E-state index contributed by atoms with van der Waals surface area (Å²) in [5.74, 6) is -1.58. The molecule has 0 unspecified atom stereocenters. The lowest BCUT2D eigenvalue weighted by Crippen LogP contribution is -2.54. The first-order valence-corrected chi connectivity index (χ1v) is 8.54. The third-order valence-electron chi connectivity index (χ3n) is 3.41. The summed E-state index contributed by atoms with van der Waals surface area (Å²) in [5, 5.41) is 2.49. The number of hydrogen-bond acceptors (Lipinski definition) is 6. The van der Waals surface area contributed by atoms with E-state index in [1.165, 1.54) is 0 Å². The summed E-state index contributed by atoms with van der Waals surface area (Å²) < 4.78 is 15.5. The van der Waals surface area contributed by atoms with Crippen molar-refractivity contribution in [1.29, 1.82) is 0 Å². The van der Waals surface area contributed by atoms with Gasteiger partial charge in [0.15, 0.2) is 0 Å². The molecule has 1 aromatic carbocycles. The highest BCUT2D eigenvalue weighted by molar-refractivity contribution is 6.07. The van der Waals surface area contributed by atoms with Crippen LogP contribution in [0, 0.1) is 0 Å². The molecule has 7 nitrogen and oxygen atoms in total. The van der Waals surface area contributed by atoms with Crippen molar-refractivity contribution < 1.29 is 28.6 Å². The van der Waals surface area contributed by atoms with Gasteiger partial charge in [-0.3, -0.25) is 9.59 Å². The number of ether oxygens (including phenoxy) is 3. The molecule has 0 spiro atoms. The molecule has 0 aliphatic carbocycles. The average molecular weight is 365 g/mol. The van der Waals surface area contributed by atoms with Gasteiger partial charge in [-0.1, -0.05) is 30.3 Å². The molecule has 0 saturated carbocycles. The number of carbonyl (C=O) groups is 3. The smallest absolute Gasteiger partial charge is 0.407 e. The second-order valence-electron chi connectivity index (χ2n) is 6.57. The summed E-state index contributed by atoms with van der Waals surface area (Å²) in [6, 6.07) is 8.37. The van der Waals surface area contributed by atoms with E-state index in [0.29, 0.717) is 5.56 Å². The molecule has 1 amide bonds. The van der Waals surface area contributed by atoms with E-state index in [1.807, 2.05) is 0 Å². The van der Waals surface area contributed by atoms with Gasteiger partial charge in [-0.2, -0.15) is 0 Å². The van der Waals surface area contributed by atoms with E-state index in [9.17, 15) is 14.4 Å². The van der Waals surface area contributed by atoms with Crippen LogP contribution in [0.4, 0.5) is 4.79 Å². The molecule has 0 aliphatic heterocycles. The largest absolute Gasteiger partial charge is 0.465 e. The summed E-state index contributed by atoms with van der Waals surface area (Å²) in [6.45, 7) is 8.25. The van der Waals surface area contributed by atoms with Crippen molar-refractivity contribution in [3.63, 3.8) is 0 Å².